The van der Waals surface area contributed by atoms with Crippen molar-refractivity contribution in [3.8, 4) is 0 Å². The zero-order chi connectivity index (χ0) is 7.68. The largest absolute Gasteiger partial charge is 0.0591 e. The monoisotopic (exact) mass is 151 g/mol. The van der Waals surface area contributed by atoms with E-state index in [1.165, 1.54) is 44.9 Å². The molecule has 0 spiro atoms. The molecular weight excluding hydrogens is 132 g/mol. The lowest BCUT2D eigenvalue weighted by molar-refractivity contribution is 0.184. The van der Waals surface area contributed by atoms with Gasteiger partial charge in [0.1, 0.15) is 0 Å². The highest BCUT2D eigenvalue weighted by molar-refractivity contribution is 4.95. The fourth-order valence-electron chi connectivity index (χ4n) is 2.91. The van der Waals surface area contributed by atoms with Crippen LogP contribution in [-0.2, 0) is 0 Å². The van der Waals surface area contributed by atoms with Gasteiger partial charge in [0.05, 0.1) is 0 Å². The quantitative estimate of drug-likeness (QED) is 0.496. The molecule has 2 unspecified atom stereocenters. The van der Waals surface area contributed by atoms with E-state index in [1.54, 1.807) is 5.92 Å². The standard InChI is InChI=1S/C11H19/c1-9-6-7-10-4-2-3-5-11(10)8-9/h10-11H,2-8H2,1H3. The van der Waals surface area contributed by atoms with Crippen molar-refractivity contribution in [2.45, 2.75) is 51.9 Å². The van der Waals surface area contributed by atoms with E-state index in [0.29, 0.717) is 0 Å². The third-order valence-electron chi connectivity index (χ3n) is 3.62. The van der Waals surface area contributed by atoms with E-state index in [0.717, 1.165) is 11.8 Å². The summed E-state index contributed by atoms with van der Waals surface area (Å²) in [7, 11) is 0. The van der Waals surface area contributed by atoms with Gasteiger partial charge in [-0.05, 0) is 37.0 Å². The summed E-state index contributed by atoms with van der Waals surface area (Å²) in [5.74, 6) is 3.98. The van der Waals surface area contributed by atoms with Crippen LogP contribution in [0.2, 0.25) is 0 Å². The molecule has 0 N–H and O–H groups in total. The van der Waals surface area contributed by atoms with Gasteiger partial charge in [-0.3, -0.25) is 0 Å². The molecule has 0 saturated heterocycles. The van der Waals surface area contributed by atoms with Gasteiger partial charge < -0.3 is 0 Å². The molecule has 0 aromatic rings. The van der Waals surface area contributed by atoms with Gasteiger partial charge in [-0.15, -0.1) is 0 Å². The summed E-state index contributed by atoms with van der Waals surface area (Å²) in [5, 5.41) is 0. The van der Waals surface area contributed by atoms with Gasteiger partial charge in [0.2, 0.25) is 0 Å². The van der Waals surface area contributed by atoms with Crippen LogP contribution in [0.4, 0.5) is 0 Å². The minimum absolute atomic E-state index is 1.09. The molecular formula is C11H19. The highest BCUT2D eigenvalue weighted by atomic mass is 14.4. The first-order chi connectivity index (χ1) is 5.36. The van der Waals surface area contributed by atoms with E-state index in [2.05, 4.69) is 6.92 Å². The summed E-state index contributed by atoms with van der Waals surface area (Å²) in [5.41, 5.74) is 0. The van der Waals surface area contributed by atoms with Gasteiger partial charge in [-0.2, -0.15) is 0 Å². The number of hydrogen-bond donors (Lipinski definition) is 0. The average molecular weight is 151 g/mol. The van der Waals surface area contributed by atoms with E-state index in [4.69, 9.17) is 0 Å². The van der Waals surface area contributed by atoms with Crippen molar-refractivity contribution in [1.82, 2.24) is 0 Å². The topological polar surface area (TPSA) is 0 Å². The van der Waals surface area contributed by atoms with Gasteiger partial charge >= 0.3 is 0 Å². The third kappa shape index (κ3) is 1.60. The molecule has 2 rings (SSSR count). The predicted molar refractivity (Wildman–Crippen MR) is 48.2 cm³/mol. The first kappa shape index (κ1) is 7.64. The average Bonchev–Trinajstić information content (AvgIpc) is 2.04. The van der Waals surface area contributed by atoms with Crippen molar-refractivity contribution in [2.75, 3.05) is 0 Å². The van der Waals surface area contributed by atoms with E-state index < -0.39 is 0 Å². The molecule has 11 heavy (non-hydrogen) atoms. The molecule has 0 aliphatic heterocycles. The van der Waals surface area contributed by atoms with Gasteiger partial charge in [0, 0.05) is 0 Å². The van der Waals surface area contributed by atoms with Crippen LogP contribution >= 0.6 is 0 Å². The van der Waals surface area contributed by atoms with Crippen LogP contribution in [0.3, 0.4) is 0 Å². The molecule has 2 atom stereocenters. The highest BCUT2D eigenvalue weighted by Crippen LogP contribution is 2.42. The van der Waals surface area contributed by atoms with Crippen molar-refractivity contribution in [2.24, 2.45) is 11.8 Å². The fourth-order valence-corrected chi connectivity index (χ4v) is 2.91. The lowest BCUT2D eigenvalue weighted by atomic mass is 9.68. The van der Waals surface area contributed by atoms with Gasteiger partial charge in [-0.1, -0.05) is 32.6 Å². The van der Waals surface area contributed by atoms with E-state index in [1.807, 2.05) is 0 Å². The summed E-state index contributed by atoms with van der Waals surface area (Å²) in [6.07, 6.45) is 10.5. The molecule has 2 aliphatic carbocycles. The molecule has 63 valence electrons. The minimum Gasteiger partial charge on any atom is -0.0591 e. The van der Waals surface area contributed by atoms with Gasteiger partial charge in [-0.25, -0.2) is 0 Å². The van der Waals surface area contributed by atoms with Crippen LogP contribution in [0.1, 0.15) is 51.9 Å². The Bertz CT molecular complexity index is 128. The third-order valence-corrected chi connectivity index (χ3v) is 3.62. The lowest BCUT2D eigenvalue weighted by Crippen LogP contribution is -2.25. The summed E-state index contributed by atoms with van der Waals surface area (Å²) in [6, 6.07) is 0. The molecule has 0 aromatic carbocycles. The highest BCUT2D eigenvalue weighted by Gasteiger charge is 2.30. The Labute approximate surface area is 70.4 Å². The fraction of sp³-hybridized carbons (Fsp3) is 0.909. The Morgan fingerprint density at radius 3 is 2.55 bits per heavy atom. The maximum Gasteiger partial charge on any atom is -0.0269 e. The lowest BCUT2D eigenvalue weighted by Gasteiger charge is -2.37. The first-order valence-corrected chi connectivity index (χ1v) is 5.17. The predicted octanol–water partition coefficient (Wildman–Crippen LogP) is 3.57. The second kappa shape index (κ2) is 3.16. The second-order valence-corrected chi connectivity index (χ2v) is 4.50. The molecule has 0 amide bonds. The summed E-state index contributed by atoms with van der Waals surface area (Å²) < 4.78 is 0. The molecule has 2 fully saturated rings. The van der Waals surface area contributed by atoms with Crippen LogP contribution in [-0.4, -0.2) is 0 Å². The second-order valence-electron chi connectivity index (χ2n) is 4.50. The Balaban J connectivity index is 1.93. The van der Waals surface area contributed by atoms with Crippen molar-refractivity contribution in [1.29, 1.82) is 0 Å². The van der Waals surface area contributed by atoms with Crippen LogP contribution in [0.5, 0.6) is 0 Å². The zero-order valence-corrected chi connectivity index (χ0v) is 7.60. The van der Waals surface area contributed by atoms with E-state index >= 15 is 0 Å². The minimum atomic E-state index is 1.09. The molecule has 1 radical (unpaired) electrons. The molecule has 2 aliphatic rings. The molecule has 0 heteroatoms. The summed E-state index contributed by atoms with van der Waals surface area (Å²) in [6.45, 7) is 2.35. The van der Waals surface area contributed by atoms with Crippen molar-refractivity contribution in [3.05, 3.63) is 5.92 Å². The molecule has 0 heterocycles. The van der Waals surface area contributed by atoms with E-state index in [-0.39, 0.29) is 0 Å². The molecule has 2 saturated carbocycles. The Kier molecular flexibility index (Phi) is 2.20. The van der Waals surface area contributed by atoms with E-state index in [9.17, 15) is 0 Å². The van der Waals surface area contributed by atoms with Crippen molar-refractivity contribution < 1.29 is 0 Å². The Hall–Kier alpha value is 0. The maximum absolute atomic E-state index is 2.35. The number of hydrogen-bond acceptors (Lipinski definition) is 0. The molecule has 0 bridgehead atoms. The molecule has 0 nitrogen and oxygen atoms in total. The van der Waals surface area contributed by atoms with Crippen LogP contribution in [0.15, 0.2) is 0 Å². The SMILES string of the molecule is C[C]1CCC2CCCCC2C1. The smallest absolute Gasteiger partial charge is 0.0269 e. The normalized spacial score (nSPS) is 40.1. The summed E-state index contributed by atoms with van der Waals surface area (Å²) >= 11 is 0. The van der Waals surface area contributed by atoms with Crippen molar-refractivity contribution in [3.63, 3.8) is 0 Å². The van der Waals surface area contributed by atoms with Gasteiger partial charge in [0.15, 0.2) is 0 Å². The van der Waals surface area contributed by atoms with Crippen LogP contribution < -0.4 is 0 Å². The van der Waals surface area contributed by atoms with Gasteiger partial charge in [0.25, 0.3) is 0 Å². The summed E-state index contributed by atoms with van der Waals surface area (Å²) in [4.78, 5) is 0. The van der Waals surface area contributed by atoms with Crippen LogP contribution in [0, 0.1) is 17.8 Å². The maximum atomic E-state index is 2.35. The Morgan fingerprint density at radius 1 is 1.00 bits per heavy atom. The van der Waals surface area contributed by atoms with Crippen LogP contribution in [0.25, 0.3) is 0 Å². The first-order valence-electron chi connectivity index (χ1n) is 5.17. The van der Waals surface area contributed by atoms with Crippen molar-refractivity contribution >= 4 is 0 Å². The number of fused-ring (bicyclic) bond motifs is 1. The number of rotatable bonds is 0. The zero-order valence-electron chi connectivity index (χ0n) is 7.60. The molecule has 0 aromatic heterocycles. The Morgan fingerprint density at radius 2 is 1.73 bits per heavy atom.